The van der Waals surface area contributed by atoms with E-state index in [4.69, 9.17) is 11.6 Å². The zero-order valence-corrected chi connectivity index (χ0v) is 9.85. The highest BCUT2D eigenvalue weighted by Gasteiger charge is 2.02. The van der Waals surface area contributed by atoms with Crippen molar-refractivity contribution in [2.75, 3.05) is 5.43 Å². The first-order chi connectivity index (χ1) is 8.66. The van der Waals surface area contributed by atoms with Gasteiger partial charge in [-0.2, -0.15) is 10.2 Å². The smallest absolute Gasteiger partial charge is 0.285 e. The van der Waals surface area contributed by atoms with Gasteiger partial charge in [0.15, 0.2) is 0 Å². The van der Waals surface area contributed by atoms with Crippen LogP contribution in [0.15, 0.2) is 40.4 Å². The van der Waals surface area contributed by atoms with Gasteiger partial charge in [-0.05, 0) is 17.7 Å². The van der Waals surface area contributed by atoms with Gasteiger partial charge >= 0.3 is 0 Å². The van der Waals surface area contributed by atoms with Crippen molar-refractivity contribution >= 4 is 23.5 Å². The lowest BCUT2D eigenvalue weighted by molar-refractivity contribution is 0.475. The normalized spacial score (nSPS) is 10.7. The highest BCUT2D eigenvalue weighted by molar-refractivity contribution is 6.32. The largest absolute Gasteiger partial charge is 0.508 e. The number of aromatic hydroxyl groups is 1. The maximum atomic E-state index is 11.1. The van der Waals surface area contributed by atoms with E-state index in [1.54, 1.807) is 24.3 Å². The van der Waals surface area contributed by atoms with Gasteiger partial charge in [0.1, 0.15) is 16.5 Å². The number of phenols is 1. The Kier molecular flexibility index (Phi) is 3.59. The Morgan fingerprint density at radius 1 is 1.50 bits per heavy atom. The van der Waals surface area contributed by atoms with Crippen LogP contribution < -0.4 is 11.0 Å². The van der Waals surface area contributed by atoms with Crippen LogP contribution in [0, 0.1) is 0 Å². The molecule has 1 aromatic heterocycles. The summed E-state index contributed by atoms with van der Waals surface area (Å²) < 4.78 is 0. The third-order valence-electron chi connectivity index (χ3n) is 2.06. The Bertz CT molecular complexity index is 639. The Morgan fingerprint density at radius 2 is 2.33 bits per heavy atom. The second kappa shape index (κ2) is 5.33. The standard InChI is InChI=1S/C11H9ClN4O2/c12-10-9(6-14-16-11(10)18)15-13-5-7-2-1-3-8(17)4-7/h1-6,17H,(H2,15,16,18)/b13-5+. The number of aromatic amines is 1. The van der Waals surface area contributed by atoms with Gasteiger partial charge in [-0.25, -0.2) is 5.10 Å². The molecule has 0 spiro atoms. The van der Waals surface area contributed by atoms with E-state index >= 15 is 0 Å². The van der Waals surface area contributed by atoms with E-state index in [-0.39, 0.29) is 10.8 Å². The van der Waals surface area contributed by atoms with Gasteiger partial charge in [-0.1, -0.05) is 23.7 Å². The maximum Gasteiger partial charge on any atom is 0.285 e. The van der Waals surface area contributed by atoms with Crippen LogP contribution in [-0.4, -0.2) is 21.5 Å². The molecule has 0 fully saturated rings. The summed E-state index contributed by atoms with van der Waals surface area (Å²) in [5.41, 5.74) is 3.11. The summed E-state index contributed by atoms with van der Waals surface area (Å²) in [6.45, 7) is 0. The van der Waals surface area contributed by atoms with Gasteiger partial charge in [0.25, 0.3) is 5.56 Å². The van der Waals surface area contributed by atoms with Crippen LogP contribution in [0.25, 0.3) is 0 Å². The molecule has 0 aliphatic heterocycles. The molecular weight excluding hydrogens is 256 g/mol. The molecule has 18 heavy (non-hydrogen) atoms. The Hall–Kier alpha value is -2.34. The summed E-state index contributed by atoms with van der Waals surface area (Å²) in [6, 6.07) is 6.56. The fourth-order valence-electron chi connectivity index (χ4n) is 1.24. The monoisotopic (exact) mass is 264 g/mol. The second-order valence-electron chi connectivity index (χ2n) is 3.39. The van der Waals surface area contributed by atoms with Gasteiger partial charge in [-0.15, -0.1) is 0 Å². The molecule has 0 saturated heterocycles. The van der Waals surface area contributed by atoms with E-state index in [0.717, 1.165) is 0 Å². The minimum Gasteiger partial charge on any atom is -0.508 e. The minimum atomic E-state index is -0.491. The number of aromatic nitrogens is 2. The van der Waals surface area contributed by atoms with Crippen molar-refractivity contribution in [2.24, 2.45) is 5.10 Å². The fraction of sp³-hybridized carbons (Fsp3) is 0. The predicted octanol–water partition coefficient (Wildman–Crippen LogP) is 1.57. The Labute approximate surface area is 107 Å². The van der Waals surface area contributed by atoms with Gasteiger partial charge in [0, 0.05) is 0 Å². The van der Waals surface area contributed by atoms with Crippen molar-refractivity contribution < 1.29 is 5.11 Å². The summed E-state index contributed by atoms with van der Waals surface area (Å²) in [5, 5.41) is 18.9. The number of hydrogen-bond acceptors (Lipinski definition) is 5. The molecule has 6 nitrogen and oxygen atoms in total. The predicted molar refractivity (Wildman–Crippen MR) is 69.2 cm³/mol. The van der Waals surface area contributed by atoms with Crippen molar-refractivity contribution in [3.05, 3.63) is 51.4 Å². The summed E-state index contributed by atoms with van der Waals surface area (Å²) in [6.07, 6.45) is 2.83. The lowest BCUT2D eigenvalue weighted by Gasteiger charge is -2.00. The lowest BCUT2D eigenvalue weighted by Crippen LogP contribution is -2.10. The van der Waals surface area contributed by atoms with E-state index in [0.29, 0.717) is 11.3 Å². The molecule has 0 bridgehead atoms. The molecule has 7 heteroatoms. The van der Waals surface area contributed by atoms with Crippen LogP contribution in [0.3, 0.4) is 0 Å². The first-order valence-electron chi connectivity index (χ1n) is 4.98. The lowest BCUT2D eigenvalue weighted by atomic mass is 10.2. The average molecular weight is 265 g/mol. The molecule has 0 radical (unpaired) electrons. The molecule has 0 saturated carbocycles. The number of hydrogen-bond donors (Lipinski definition) is 3. The SMILES string of the molecule is O=c1[nH]ncc(N/N=C/c2cccc(O)c2)c1Cl. The number of rotatable bonds is 3. The van der Waals surface area contributed by atoms with Crippen LogP contribution in [-0.2, 0) is 0 Å². The number of halogens is 1. The van der Waals surface area contributed by atoms with Crippen LogP contribution in [0.2, 0.25) is 5.02 Å². The number of H-pyrrole nitrogens is 1. The molecule has 0 aliphatic rings. The third kappa shape index (κ3) is 2.86. The average Bonchev–Trinajstić information content (AvgIpc) is 2.35. The molecule has 0 aliphatic carbocycles. The third-order valence-corrected chi connectivity index (χ3v) is 2.44. The van der Waals surface area contributed by atoms with Crippen molar-refractivity contribution in [3.63, 3.8) is 0 Å². The zero-order chi connectivity index (χ0) is 13.0. The number of nitrogens with one attached hydrogen (secondary N) is 2. The van der Waals surface area contributed by atoms with E-state index in [9.17, 15) is 9.90 Å². The molecule has 0 atom stereocenters. The van der Waals surface area contributed by atoms with E-state index in [1.807, 2.05) is 0 Å². The van der Waals surface area contributed by atoms with E-state index < -0.39 is 5.56 Å². The molecular formula is C11H9ClN4O2. The van der Waals surface area contributed by atoms with Crippen molar-refractivity contribution in [2.45, 2.75) is 0 Å². The minimum absolute atomic E-state index is 0.0157. The van der Waals surface area contributed by atoms with Crippen LogP contribution >= 0.6 is 11.6 Å². The molecule has 0 unspecified atom stereocenters. The van der Waals surface area contributed by atoms with E-state index in [2.05, 4.69) is 20.7 Å². The van der Waals surface area contributed by atoms with Gasteiger partial charge < -0.3 is 5.11 Å². The van der Waals surface area contributed by atoms with Crippen molar-refractivity contribution in [1.29, 1.82) is 0 Å². The first-order valence-corrected chi connectivity index (χ1v) is 5.36. The van der Waals surface area contributed by atoms with Crippen LogP contribution in [0.1, 0.15) is 5.56 Å². The Balaban J connectivity index is 2.12. The topological polar surface area (TPSA) is 90.4 Å². The van der Waals surface area contributed by atoms with Gasteiger partial charge in [-0.3, -0.25) is 10.2 Å². The number of benzene rings is 1. The van der Waals surface area contributed by atoms with Gasteiger partial charge in [0.05, 0.1) is 12.4 Å². The van der Waals surface area contributed by atoms with Crippen molar-refractivity contribution in [1.82, 2.24) is 10.2 Å². The summed E-state index contributed by atoms with van der Waals surface area (Å²) in [7, 11) is 0. The number of hydrazone groups is 1. The molecule has 0 amide bonds. The van der Waals surface area contributed by atoms with Crippen molar-refractivity contribution in [3.8, 4) is 5.75 Å². The first kappa shape index (κ1) is 12.1. The fourth-order valence-corrected chi connectivity index (χ4v) is 1.38. The summed E-state index contributed by atoms with van der Waals surface area (Å²) in [5.74, 6) is 0.148. The Morgan fingerprint density at radius 3 is 3.11 bits per heavy atom. The van der Waals surface area contributed by atoms with E-state index in [1.165, 1.54) is 12.4 Å². The number of anilines is 1. The molecule has 92 valence electrons. The molecule has 1 heterocycles. The second-order valence-corrected chi connectivity index (χ2v) is 3.77. The van der Waals surface area contributed by atoms with Crippen LogP contribution in [0.5, 0.6) is 5.75 Å². The molecule has 1 aromatic carbocycles. The number of nitrogens with zero attached hydrogens (tertiary/aromatic N) is 2. The maximum absolute atomic E-state index is 11.1. The highest BCUT2D eigenvalue weighted by atomic mass is 35.5. The molecule has 2 aromatic rings. The zero-order valence-electron chi connectivity index (χ0n) is 9.09. The van der Waals surface area contributed by atoms with Crippen LogP contribution in [0.4, 0.5) is 5.69 Å². The quantitative estimate of drug-likeness (QED) is 0.580. The molecule has 2 rings (SSSR count). The summed E-state index contributed by atoms with van der Waals surface area (Å²) in [4.78, 5) is 11.1. The highest BCUT2D eigenvalue weighted by Crippen LogP contribution is 2.14. The van der Waals surface area contributed by atoms with Gasteiger partial charge in [0.2, 0.25) is 0 Å². The number of phenolic OH excluding ortho intramolecular Hbond substituents is 1. The summed E-state index contributed by atoms with van der Waals surface area (Å²) >= 11 is 5.74. The molecule has 3 N–H and O–H groups in total.